The van der Waals surface area contributed by atoms with Crippen LogP contribution in [0.1, 0.15) is 31.4 Å². The van der Waals surface area contributed by atoms with Gasteiger partial charge in [-0.25, -0.2) is 0 Å². The average Bonchev–Trinajstić information content (AvgIpc) is 2.29. The molecule has 1 atom stereocenters. The van der Waals surface area contributed by atoms with Crippen molar-refractivity contribution < 1.29 is 4.79 Å². The summed E-state index contributed by atoms with van der Waals surface area (Å²) in [6.07, 6.45) is 1.41. The Balaban J connectivity index is 2.07. The molecule has 1 heterocycles. The molecule has 0 spiro atoms. The van der Waals surface area contributed by atoms with Crippen LogP contribution in [0.4, 0.5) is 0 Å². The molecule has 0 aromatic heterocycles. The summed E-state index contributed by atoms with van der Waals surface area (Å²) in [6.45, 7) is 4.00. The number of likely N-dealkylation sites (tertiary alicyclic amines) is 1. The topological polar surface area (TPSA) is 20.3 Å². The second-order valence-corrected chi connectivity index (χ2v) is 5.22. The van der Waals surface area contributed by atoms with Crippen LogP contribution in [0.5, 0.6) is 0 Å². The van der Waals surface area contributed by atoms with Crippen molar-refractivity contribution >= 4 is 21.7 Å². The molecule has 0 bridgehead atoms. The predicted molar refractivity (Wildman–Crippen MR) is 68.4 cm³/mol. The van der Waals surface area contributed by atoms with E-state index in [-0.39, 0.29) is 0 Å². The third-order valence-electron chi connectivity index (χ3n) is 3.23. The number of piperidine rings is 1. The van der Waals surface area contributed by atoms with E-state index in [4.69, 9.17) is 0 Å². The molecule has 3 heteroatoms. The highest BCUT2D eigenvalue weighted by molar-refractivity contribution is 9.10. The Morgan fingerprint density at radius 3 is 2.62 bits per heavy atom. The van der Waals surface area contributed by atoms with Crippen LogP contribution in [0.3, 0.4) is 0 Å². The van der Waals surface area contributed by atoms with Crippen molar-refractivity contribution in [2.75, 3.05) is 13.1 Å². The molecule has 16 heavy (non-hydrogen) atoms. The largest absolute Gasteiger partial charge is 0.300 e. The number of hydrogen-bond donors (Lipinski definition) is 0. The lowest BCUT2D eigenvalue weighted by Crippen LogP contribution is -2.35. The molecule has 86 valence electrons. The molecule has 0 amide bonds. The van der Waals surface area contributed by atoms with Crippen LogP contribution < -0.4 is 0 Å². The van der Waals surface area contributed by atoms with Crippen LogP contribution in [0.15, 0.2) is 28.7 Å². The van der Waals surface area contributed by atoms with Crippen molar-refractivity contribution in [3.63, 3.8) is 0 Å². The number of ketones is 1. The van der Waals surface area contributed by atoms with Crippen molar-refractivity contribution in [1.82, 2.24) is 4.90 Å². The normalized spacial score (nSPS) is 19.8. The zero-order chi connectivity index (χ0) is 11.5. The first-order valence-corrected chi connectivity index (χ1v) is 6.47. The van der Waals surface area contributed by atoms with Gasteiger partial charge in [-0.1, -0.05) is 28.1 Å². The first kappa shape index (κ1) is 11.8. The molecule has 0 aliphatic carbocycles. The van der Waals surface area contributed by atoms with E-state index in [9.17, 15) is 4.79 Å². The Morgan fingerprint density at radius 2 is 2.00 bits per heavy atom. The fourth-order valence-corrected chi connectivity index (χ4v) is 2.55. The van der Waals surface area contributed by atoms with Gasteiger partial charge >= 0.3 is 0 Å². The van der Waals surface area contributed by atoms with E-state index in [2.05, 4.69) is 46.0 Å². The Morgan fingerprint density at radius 1 is 1.31 bits per heavy atom. The van der Waals surface area contributed by atoms with Gasteiger partial charge in [-0.2, -0.15) is 0 Å². The molecule has 1 aromatic carbocycles. The van der Waals surface area contributed by atoms with Crippen molar-refractivity contribution in [3.8, 4) is 0 Å². The standard InChI is InChI=1S/C13H16BrNO/c1-10(11-3-2-4-12(14)9-11)15-7-5-13(16)6-8-15/h2-4,9-10H,5-8H2,1H3. The van der Waals surface area contributed by atoms with Gasteiger partial charge in [-0.3, -0.25) is 9.69 Å². The van der Waals surface area contributed by atoms with Gasteiger partial charge in [-0.05, 0) is 24.6 Å². The second kappa shape index (κ2) is 5.11. The summed E-state index contributed by atoms with van der Waals surface area (Å²) in [5.74, 6) is 0.401. The van der Waals surface area contributed by atoms with Gasteiger partial charge in [-0.15, -0.1) is 0 Å². The Hall–Kier alpha value is -0.670. The smallest absolute Gasteiger partial charge is 0.135 e. The first-order valence-electron chi connectivity index (χ1n) is 5.68. The molecular weight excluding hydrogens is 266 g/mol. The molecule has 2 nitrogen and oxygen atoms in total. The van der Waals surface area contributed by atoms with E-state index in [1.807, 2.05) is 6.07 Å². The molecule has 0 saturated carbocycles. The Labute approximate surface area is 105 Å². The van der Waals surface area contributed by atoms with Crippen molar-refractivity contribution in [2.45, 2.75) is 25.8 Å². The number of Topliss-reactive ketones (excluding diaryl/α,β-unsaturated/α-hetero) is 1. The SMILES string of the molecule is CC(c1cccc(Br)c1)N1CCC(=O)CC1. The van der Waals surface area contributed by atoms with Crippen LogP contribution in [0.25, 0.3) is 0 Å². The summed E-state index contributed by atoms with van der Waals surface area (Å²) in [5.41, 5.74) is 1.31. The predicted octanol–water partition coefficient (Wildman–Crippen LogP) is 3.18. The highest BCUT2D eigenvalue weighted by Crippen LogP contribution is 2.25. The minimum Gasteiger partial charge on any atom is -0.300 e. The summed E-state index contributed by atoms with van der Waals surface area (Å²) < 4.78 is 1.12. The highest BCUT2D eigenvalue weighted by atomic mass is 79.9. The maximum atomic E-state index is 11.2. The van der Waals surface area contributed by atoms with Crippen LogP contribution in [-0.4, -0.2) is 23.8 Å². The van der Waals surface area contributed by atoms with Gasteiger partial charge < -0.3 is 0 Å². The quantitative estimate of drug-likeness (QED) is 0.830. The lowest BCUT2D eigenvalue weighted by Gasteiger charge is -2.32. The molecule has 1 aliphatic heterocycles. The van der Waals surface area contributed by atoms with Crippen LogP contribution >= 0.6 is 15.9 Å². The monoisotopic (exact) mass is 281 g/mol. The van der Waals surface area contributed by atoms with E-state index in [0.717, 1.165) is 17.6 Å². The number of halogens is 1. The summed E-state index contributed by atoms with van der Waals surface area (Å²) in [6, 6.07) is 8.79. The molecule has 2 rings (SSSR count). The molecular formula is C13H16BrNO. The maximum absolute atomic E-state index is 11.2. The number of benzene rings is 1. The lowest BCUT2D eigenvalue weighted by molar-refractivity contribution is -0.121. The zero-order valence-corrected chi connectivity index (χ0v) is 11.0. The number of rotatable bonds is 2. The van der Waals surface area contributed by atoms with E-state index in [0.29, 0.717) is 24.7 Å². The molecule has 1 aliphatic rings. The second-order valence-electron chi connectivity index (χ2n) is 4.31. The third-order valence-corrected chi connectivity index (χ3v) is 3.73. The Kier molecular flexibility index (Phi) is 3.77. The van der Waals surface area contributed by atoms with E-state index >= 15 is 0 Å². The van der Waals surface area contributed by atoms with Crippen molar-refractivity contribution in [3.05, 3.63) is 34.3 Å². The molecule has 0 radical (unpaired) electrons. The highest BCUT2D eigenvalue weighted by Gasteiger charge is 2.21. The maximum Gasteiger partial charge on any atom is 0.135 e. The molecule has 1 fully saturated rings. The van der Waals surface area contributed by atoms with Gasteiger partial charge in [0, 0.05) is 36.4 Å². The number of carbonyl (C=O) groups is 1. The minimum atomic E-state index is 0.394. The van der Waals surface area contributed by atoms with Gasteiger partial charge in [0.05, 0.1) is 0 Å². The molecule has 1 saturated heterocycles. The van der Waals surface area contributed by atoms with Gasteiger partial charge in [0.2, 0.25) is 0 Å². The summed E-state index contributed by atoms with van der Waals surface area (Å²) in [4.78, 5) is 13.6. The van der Waals surface area contributed by atoms with Gasteiger partial charge in [0.1, 0.15) is 5.78 Å². The summed E-state index contributed by atoms with van der Waals surface area (Å²) >= 11 is 3.49. The Bertz CT molecular complexity index is 381. The third kappa shape index (κ3) is 2.71. The summed E-state index contributed by atoms with van der Waals surface area (Å²) in [5, 5.41) is 0. The van der Waals surface area contributed by atoms with E-state index < -0.39 is 0 Å². The van der Waals surface area contributed by atoms with Gasteiger partial charge in [0.15, 0.2) is 0 Å². The van der Waals surface area contributed by atoms with Crippen LogP contribution in [0.2, 0.25) is 0 Å². The number of carbonyl (C=O) groups excluding carboxylic acids is 1. The molecule has 1 unspecified atom stereocenters. The van der Waals surface area contributed by atoms with E-state index in [1.54, 1.807) is 0 Å². The van der Waals surface area contributed by atoms with Gasteiger partial charge in [0.25, 0.3) is 0 Å². The molecule has 0 N–H and O–H groups in total. The van der Waals surface area contributed by atoms with Crippen molar-refractivity contribution in [2.24, 2.45) is 0 Å². The summed E-state index contributed by atoms with van der Waals surface area (Å²) in [7, 11) is 0. The first-order chi connectivity index (χ1) is 7.66. The zero-order valence-electron chi connectivity index (χ0n) is 9.45. The number of nitrogens with zero attached hydrogens (tertiary/aromatic N) is 1. The molecule has 1 aromatic rings. The van der Waals surface area contributed by atoms with Crippen LogP contribution in [-0.2, 0) is 4.79 Å². The fourth-order valence-electron chi connectivity index (χ4n) is 2.14. The van der Waals surface area contributed by atoms with E-state index in [1.165, 1.54) is 5.56 Å². The minimum absolute atomic E-state index is 0.394. The lowest BCUT2D eigenvalue weighted by atomic mass is 10.0. The van der Waals surface area contributed by atoms with Crippen molar-refractivity contribution in [1.29, 1.82) is 0 Å². The van der Waals surface area contributed by atoms with Crippen LogP contribution in [0, 0.1) is 0 Å². The number of hydrogen-bond acceptors (Lipinski definition) is 2. The fraction of sp³-hybridized carbons (Fsp3) is 0.462. The average molecular weight is 282 g/mol.